The van der Waals surface area contributed by atoms with E-state index < -0.39 is 24.5 Å². The van der Waals surface area contributed by atoms with Crippen molar-refractivity contribution in [2.75, 3.05) is 13.2 Å². The highest BCUT2D eigenvalue weighted by Crippen LogP contribution is 2.37. The summed E-state index contributed by atoms with van der Waals surface area (Å²) < 4.78 is 43.3. The van der Waals surface area contributed by atoms with Gasteiger partial charge in [-0.2, -0.15) is 13.2 Å². The number of carbonyl (C=O) groups excluding carboxylic acids is 1. The Hall–Kier alpha value is -0.780. The Morgan fingerprint density at radius 2 is 2.00 bits per heavy atom. The molecule has 1 saturated carbocycles. The zero-order chi connectivity index (χ0) is 14.2. The summed E-state index contributed by atoms with van der Waals surface area (Å²) in [6.07, 6.45) is -2.28. The van der Waals surface area contributed by atoms with Crippen molar-refractivity contribution in [3.8, 4) is 0 Å². The summed E-state index contributed by atoms with van der Waals surface area (Å²) in [6.45, 7) is 2.78. The molecule has 3 unspecified atom stereocenters. The SMILES string of the molecule is CC1OCCC1C(=O)N(CC(F)(F)F)C(C)C1CC1. The largest absolute Gasteiger partial charge is 0.406 e. The van der Waals surface area contributed by atoms with Crippen molar-refractivity contribution < 1.29 is 22.7 Å². The van der Waals surface area contributed by atoms with Crippen LogP contribution in [0, 0.1) is 11.8 Å². The number of halogens is 3. The molecular formula is C13H20F3NO2. The fraction of sp³-hybridized carbons (Fsp3) is 0.923. The van der Waals surface area contributed by atoms with Gasteiger partial charge in [-0.25, -0.2) is 0 Å². The number of amides is 1. The van der Waals surface area contributed by atoms with Crippen molar-refractivity contribution in [1.82, 2.24) is 4.90 Å². The third-order valence-corrected chi connectivity index (χ3v) is 4.12. The number of ether oxygens (including phenoxy) is 1. The standard InChI is InChI=1S/C13H20F3NO2/c1-8(10-3-4-10)17(7-13(14,15)16)12(18)11-5-6-19-9(11)2/h8-11H,3-7H2,1-2H3. The first-order valence-electron chi connectivity index (χ1n) is 6.78. The van der Waals surface area contributed by atoms with Gasteiger partial charge in [-0.05, 0) is 39.0 Å². The molecule has 110 valence electrons. The van der Waals surface area contributed by atoms with Gasteiger partial charge in [0.05, 0.1) is 12.0 Å². The lowest BCUT2D eigenvalue weighted by Crippen LogP contribution is -2.49. The van der Waals surface area contributed by atoms with E-state index in [4.69, 9.17) is 4.74 Å². The Kier molecular flexibility index (Phi) is 4.08. The Bertz CT molecular complexity index is 341. The van der Waals surface area contributed by atoms with E-state index in [0.29, 0.717) is 13.0 Å². The Morgan fingerprint density at radius 1 is 1.37 bits per heavy atom. The van der Waals surface area contributed by atoms with Crippen molar-refractivity contribution in [3.05, 3.63) is 0 Å². The van der Waals surface area contributed by atoms with Gasteiger partial charge in [-0.3, -0.25) is 4.79 Å². The minimum Gasteiger partial charge on any atom is -0.378 e. The number of carbonyl (C=O) groups is 1. The molecule has 6 heteroatoms. The molecule has 2 aliphatic rings. The third-order valence-electron chi connectivity index (χ3n) is 4.12. The highest BCUT2D eigenvalue weighted by Gasteiger charge is 2.44. The Balaban J connectivity index is 2.09. The molecule has 0 bridgehead atoms. The number of rotatable bonds is 4. The number of nitrogens with zero attached hydrogens (tertiary/aromatic N) is 1. The number of alkyl halides is 3. The highest BCUT2D eigenvalue weighted by atomic mass is 19.4. The monoisotopic (exact) mass is 279 g/mol. The van der Waals surface area contributed by atoms with E-state index in [1.807, 2.05) is 0 Å². The van der Waals surface area contributed by atoms with E-state index in [0.717, 1.165) is 17.7 Å². The topological polar surface area (TPSA) is 29.5 Å². The first-order chi connectivity index (χ1) is 8.79. The lowest BCUT2D eigenvalue weighted by atomic mass is 9.99. The summed E-state index contributed by atoms with van der Waals surface area (Å²) >= 11 is 0. The van der Waals surface area contributed by atoms with Gasteiger partial charge in [0.2, 0.25) is 5.91 Å². The molecule has 1 aliphatic heterocycles. The second kappa shape index (κ2) is 5.31. The van der Waals surface area contributed by atoms with Crippen LogP contribution >= 0.6 is 0 Å². The second-order valence-electron chi connectivity index (χ2n) is 5.63. The molecule has 0 aromatic heterocycles. The molecule has 1 amide bonds. The van der Waals surface area contributed by atoms with Crippen LogP contribution in [0.25, 0.3) is 0 Å². The molecule has 1 saturated heterocycles. The van der Waals surface area contributed by atoms with Crippen molar-refractivity contribution in [2.45, 2.75) is 51.4 Å². The van der Waals surface area contributed by atoms with E-state index in [9.17, 15) is 18.0 Å². The second-order valence-corrected chi connectivity index (χ2v) is 5.63. The molecule has 3 nitrogen and oxygen atoms in total. The molecule has 0 aromatic carbocycles. The summed E-state index contributed by atoms with van der Waals surface area (Å²) in [7, 11) is 0. The smallest absolute Gasteiger partial charge is 0.378 e. The molecule has 0 radical (unpaired) electrons. The van der Waals surface area contributed by atoms with E-state index >= 15 is 0 Å². The Morgan fingerprint density at radius 3 is 2.42 bits per heavy atom. The van der Waals surface area contributed by atoms with Gasteiger partial charge >= 0.3 is 6.18 Å². The van der Waals surface area contributed by atoms with E-state index in [1.165, 1.54) is 0 Å². The van der Waals surface area contributed by atoms with Gasteiger partial charge in [-0.1, -0.05) is 0 Å². The first kappa shape index (κ1) is 14.6. The van der Waals surface area contributed by atoms with Gasteiger partial charge in [0.25, 0.3) is 0 Å². The van der Waals surface area contributed by atoms with E-state index in [1.54, 1.807) is 13.8 Å². The minimum absolute atomic E-state index is 0.226. The minimum atomic E-state index is -4.35. The van der Waals surface area contributed by atoms with Crippen LogP contribution in [-0.2, 0) is 9.53 Å². The molecule has 0 N–H and O–H groups in total. The van der Waals surface area contributed by atoms with E-state index in [2.05, 4.69) is 0 Å². The van der Waals surface area contributed by atoms with Crippen LogP contribution in [0.4, 0.5) is 13.2 Å². The van der Waals surface area contributed by atoms with Crippen LogP contribution in [0.5, 0.6) is 0 Å². The van der Waals surface area contributed by atoms with Crippen LogP contribution in [-0.4, -0.2) is 42.3 Å². The van der Waals surface area contributed by atoms with Crippen LogP contribution in [0.2, 0.25) is 0 Å². The van der Waals surface area contributed by atoms with Crippen LogP contribution in [0.1, 0.15) is 33.1 Å². The normalized spacial score (nSPS) is 29.3. The molecular weight excluding hydrogens is 259 g/mol. The fourth-order valence-corrected chi connectivity index (χ4v) is 2.72. The van der Waals surface area contributed by atoms with E-state index in [-0.39, 0.29) is 18.1 Å². The van der Waals surface area contributed by atoms with Gasteiger partial charge in [-0.15, -0.1) is 0 Å². The van der Waals surface area contributed by atoms with Crippen molar-refractivity contribution >= 4 is 5.91 Å². The molecule has 1 aliphatic carbocycles. The maximum atomic E-state index is 12.7. The predicted molar refractivity (Wildman–Crippen MR) is 63.5 cm³/mol. The van der Waals surface area contributed by atoms with Gasteiger partial charge < -0.3 is 9.64 Å². The molecule has 0 spiro atoms. The molecule has 0 aromatic rings. The highest BCUT2D eigenvalue weighted by molar-refractivity contribution is 5.80. The molecule has 19 heavy (non-hydrogen) atoms. The average Bonchev–Trinajstić information content (AvgIpc) is 3.06. The summed E-state index contributed by atoms with van der Waals surface area (Å²) in [4.78, 5) is 13.4. The third kappa shape index (κ3) is 3.61. The molecule has 3 atom stereocenters. The molecule has 2 rings (SSSR count). The maximum absolute atomic E-state index is 12.7. The predicted octanol–water partition coefficient (Wildman–Crippen LogP) is 2.60. The average molecular weight is 279 g/mol. The molecule has 1 heterocycles. The van der Waals surface area contributed by atoms with Gasteiger partial charge in [0.1, 0.15) is 6.54 Å². The Labute approximate surface area is 111 Å². The number of hydrogen-bond acceptors (Lipinski definition) is 2. The van der Waals surface area contributed by atoms with Crippen molar-refractivity contribution in [1.29, 1.82) is 0 Å². The summed E-state index contributed by atoms with van der Waals surface area (Å²) in [5.41, 5.74) is 0. The quantitative estimate of drug-likeness (QED) is 0.791. The lowest BCUT2D eigenvalue weighted by molar-refractivity contribution is -0.169. The lowest BCUT2D eigenvalue weighted by Gasteiger charge is -2.33. The van der Waals surface area contributed by atoms with Crippen LogP contribution in [0.15, 0.2) is 0 Å². The summed E-state index contributed by atoms with van der Waals surface area (Å²) in [5, 5.41) is 0. The number of hydrogen-bond donors (Lipinski definition) is 0. The fourth-order valence-electron chi connectivity index (χ4n) is 2.72. The summed E-state index contributed by atoms with van der Waals surface area (Å²) in [6, 6.07) is -0.332. The maximum Gasteiger partial charge on any atom is 0.406 e. The van der Waals surface area contributed by atoms with Gasteiger partial charge in [0, 0.05) is 12.6 Å². The zero-order valence-corrected chi connectivity index (χ0v) is 11.2. The first-order valence-corrected chi connectivity index (χ1v) is 6.78. The van der Waals surface area contributed by atoms with Crippen LogP contribution in [0.3, 0.4) is 0 Å². The van der Waals surface area contributed by atoms with Crippen molar-refractivity contribution in [3.63, 3.8) is 0 Å². The zero-order valence-electron chi connectivity index (χ0n) is 11.2. The van der Waals surface area contributed by atoms with Crippen LogP contribution < -0.4 is 0 Å². The summed E-state index contributed by atoms with van der Waals surface area (Å²) in [5.74, 6) is -0.603. The van der Waals surface area contributed by atoms with Gasteiger partial charge in [0.15, 0.2) is 0 Å². The molecule has 2 fully saturated rings. The van der Waals surface area contributed by atoms with Crippen molar-refractivity contribution in [2.24, 2.45) is 11.8 Å².